The zero-order chi connectivity index (χ0) is 13.8. The van der Waals surface area contributed by atoms with Crippen molar-refractivity contribution in [2.75, 3.05) is 5.34 Å². The monoisotopic (exact) mass is 292 g/mol. The van der Waals surface area contributed by atoms with Crippen molar-refractivity contribution >= 4 is 34.8 Å². The van der Waals surface area contributed by atoms with E-state index in [-0.39, 0.29) is 16.9 Å². The molecule has 1 aliphatic rings. The molecule has 2 nitrogen and oxygen atoms in total. The summed E-state index contributed by atoms with van der Waals surface area (Å²) in [6, 6.07) is 13.9. The maximum atomic E-state index is 12.1. The standard InChI is InChI=1S/C14H8O2.CH2Cl2/c15-13-9-5-1-2-6-10(9)14(16)12-8-4-3-7-11(12)13;2-1-3/h1-8H;1H2. The van der Waals surface area contributed by atoms with Crippen molar-refractivity contribution in [2.45, 2.75) is 0 Å². The van der Waals surface area contributed by atoms with Crippen LogP contribution in [0.4, 0.5) is 0 Å². The molecule has 96 valence electrons. The lowest BCUT2D eigenvalue weighted by atomic mass is 9.84. The molecule has 4 heteroatoms. The van der Waals surface area contributed by atoms with Crippen molar-refractivity contribution in [3.8, 4) is 0 Å². The van der Waals surface area contributed by atoms with Gasteiger partial charge < -0.3 is 0 Å². The molecule has 19 heavy (non-hydrogen) atoms. The van der Waals surface area contributed by atoms with Gasteiger partial charge in [0, 0.05) is 22.3 Å². The van der Waals surface area contributed by atoms with Crippen LogP contribution in [0.1, 0.15) is 31.8 Å². The molecule has 0 amide bonds. The van der Waals surface area contributed by atoms with Crippen molar-refractivity contribution < 1.29 is 9.59 Å². The van der Waals surface area contributed by atoms with Gasteiger partial charge in [-0.1, -0.05) is 48.5 Å². The smallest absolute Gasteiger partial charge is 0.194 e. The highest BCUT2D eigenvalue weighted by Gasteiger charge is 2.28. The summed E-state index contributed by atoms with van der Waals surface area (Å²) in [4.78, 5) is 24.2. The molecule has 0 radical (unpaired) electrons. The fourth-order valence-electron chi connectivity index (χ4n) is 2.05. The second-order valence-corrected chi connectivity index (χ2v) is 4.66. The van der Waals surface area contributed by atoms with Crippen LogP contribution in [-0.4, -0.2) is 16.9 Å². The van der Waals surface area contributed by atoms with Gasteiger partial charge in [-0.25, -0.2) is 0 Å². The average Bonchev–Trinajstić information content (AvgIpc) is 2.46. The van der Waals surface area contributed by atoms with Crippen LogP contribution in [0.3, 0.4) is 0 Å². The third-order valence-corrected chi connectivity index (χ3v) is 2.83. The summed E-state index contributed by atoms with van der Waals surface area (Å²) < 4.78 is 0. The normalized spacial score (nSPS) is 12.1. The number of carbonyl (C=O) groups excluding carboxylic acids is 2. The van der Waals surface area contributed by atoms with E-state index in [1.807, 2.05) is 0 Å². The molecule has 0 saturated heterocycles. The summed E-state index contributed by atoms with van der Waals surface area (Å²) in [5, 5.41) is 0.194. The van der Waals surface area contributed by atoms with Gasteiger partial charge in [0.05, 0.1) is 5.34 Å². The van der Waals surface area contributed by atoms with E-state index in [0.717, 1.165) is 0 Å². The van der Waals surface area contributed by atoms with Gasteiger partial charge in [-0.3, -0.25) is 9.59 Å². The van der Waals surface area contributed by atoms with Crippen LogP contribution in [0, 0.1) is 0 Å². The van der Waals surface area contributed by atoms with Gasteiger partial charge in [0.15, 0.2) is 11.6 Å². The van der Waals surface area contributed by atoms with Crippen molar-refractivity contribution in [2.24, 2.45) is 0 Å². The minimum Gasteiger partial charge on any atom is -0.289 e. The zero-order valence-corrected chi connectivity index (χ0v) is 11.4. The van der Waals surface area contributed by atoms with Gasteiger partial charge in [0.2, 0.25) is 0 Å². The number of hydrogen-bond donors (Lipinski definition) is 0. The Hall–Kier alpha value is -1.64. The lowest BCUT2D eigenvalue weighted by Gasteiger charge is -2.16. The number of hydrogen-bond acceptors (Lipinski definition) is 2. The third kappa shape index (κ3) is 2.55. The van der Waals surface area contributed by atoms with Crippen LogP contribution in [0.5, 0.6) is 0 Å². The molecular formula is C15H10Cl2O2. The highest BCUT2D eigenvalue weighted by Crippen LogP contribution is 2.26. The SMILES string of the molecule is ClCCl.O=C1c2ccccc2C(=O)c2ccccc21. The molecule has 3 rings (SSSR count). The molecule has 2 aromatic rings. The molecule has 1 aliphatic carbocycles. The van der Waals surface area contributed by atoms with Gasteiger partial charge in [-0.05, 0) is 0 Å². The van der Waals surface area contributed by atoms with Crippen molar-refractivity contribution in [3.63, 3.8) is 0 Å². The largest absolute Gasteiger partial charge is 0.289 e. The maximum absolute atomic E-state index is 12.1. The highest BCUT2D eigenvalue weighted by molar-refractivity contribution is 6.40. The molecule has 0 spiro atoms. The van der Waals surface area contributed by atoms with E-state index < -0.39 is 0 Å². The van der Waals surface area contributed by atoms with E-state index in [2.05, 4.69) is 0 Å². The van der Waals surface area contributed by atoms with Crippen LogP contribution in [0.15, 0.2) is 48.5 Å². The average molecular weight is 293 g/mol. The molecule has 0 atom stereocenters. The van der Waals surface area contributed by atoms with Crippen molar-refractivity contribution in [3.05, 3.63) is 70.8 Å². The van der Waals surface area contributed by atoms with Crippen molar-refractivity contribution in [1.82, 2.24) is 0 Å². The Kier molecular flexibility index (Phi) is 4.35. The summed E-state index contributed by atoms with van der Waals surface area (Å²) in [5.41, 5.74) is 2.02. The summed E-state index contributed by atoms with van der Waals surface area (Å²) in [6.45, 7) is 0. The first-order valence-corrected chi connectivity index (χ1v) is 6.67. The Balaban J connectivity index is 0.000000408. The van der Waals surface area contributed by atoms with Gasteiger partial charge in [0.1, 0.15) is 0 Å². The topological polar surface area (TPSA) is 34.1 Å². The van der Waals surface area contributed by atoms with Gasteiger partial charge in [-0.15, -0.1) is 23.2 Å². The number of carbonyl (C=O) groups is 2. The second kappa shape index (κ2) is 6.00. The van der Waals surface area contributed by atoms with Gasteiger partial charge in [0.25, 0.3) is 0 Å². The number of benzene rings is 2. The molecule has 0 saturated carbocycles. The van der Waals surface area contributed by atoms with E-state index in [1.165, 1.54) is 0 Å². The van der Waals surface area contributed by atoms with E-state index in [9.17, 15) is 9.59 Å². The Labute approximate surface area is 121 Å². The first-order chi connectivity index (χ1) is 9.20. The Morgan fingerprint density at radius 1 is 0.632 bits per heavy atom. The number of alkyl halides is 2. The fraction of sp³-hybridized carbons (Fsp3) is 0.0667. The molecule has 0 aromatic heterocycles. The third-order valence-electron chi connectivity index (χ3n) is 2.83. The Morgan fingerprint density at radius 2 is 0.842 bits per heavy atom. The molecule has 0 heterocycles. The molecular weight excluding hydrogens is 283 g/mol. The molecule has 2 aromatic carbocycles. The van der Waals surface area contributed by atoms with Gasteiger partial charge in [-0.2, -0.15) is 0 Å². The van der Waals surface area contributed by atoms with Crippen LogP contribution >= 0.6 is 23.2 Å². The molecule has 0 aliphatic heterocycles. The van der Waals surface area contributed by atoms with Crippen LogP contribution in [0.2, 0.25) is 0 Å². The maximum Gasteiger partial charge on any atom is 0.194 e. The number of fused-ring (bicyclic) bond motifs is 2. The quantitative estimate of drug-likeness (QED) is 0.589. The number of halogens is 2. The minimum atomic E-state index is -0.0641. The zero-order valence-electron chi connectivity index (χ0n) is 9.90. The fourth-order valence-corrected chi connectivity index (χ4v) is 2.05. The van der Waals surface area contributed by atoms with E-state index in [1.54, 1.807) is 48.5 Å². The molecule has 0 unspecified atom stereocenters. The molecule has 0 bridgehead atoms. The minimum absolute atomic E-state index is 0.0641. The van der Waals surface area contributed by atoms with Crippen LogP contribution in [0.25, 0.3) is 0 Å². The highest BCUT2D eigenvalue weighted by atomic mass is 35.5. The summed E-state index contributed by atoms with van der Waals surface area (Å²) in [5.74, 6) is -0.128. The predicted octanol–water partition coefficient (Wildman–Crippen LogP) is 3.88. The van der Waals surface area contributed by atoms with Crippen LogP contribution < -0.4 is 0 Å². The lowest BCUT2D eigenvalue weighted by molar-refractivity contribution is 0.0979. The summed E-state index contributed by atoms with van der Waals surface area (Å²) in [6.07, 6.45) is 0. The van der Waals surface area contributed by atoms with E-state index >= 15 is 0 Å². The summed E-state index contributed by atoms with van der Waals surface area (Å²) in [7, 11) is 0. The second-order valence-electron chi connectivity index (χ2n) is 3.85. The molecule has 0 fully saturated rings. The number of ketones is 2. The van der Waals surface area contributed by atoms with E-state index in [4.69, 9.17) is 23.2 Å². The molecule has 0 N–H and O–H groups in total. The number of rotatable bonds is 0. The first kappa shape index (κ1) is 13.8. The van der Waals surface area contributed by atoms with Gasteiger partial charge >= 0.3 is 0 Å². The Bertz CT molecular complexity index is 530. The summed E-state index contributed by atoms with van der Waals surface area (Å²) >= 11 is 9.53. The first-order valence-electron chi connectivity index (χ1n) is 5.60. The Morgan fingerprint density at radius 3 is 1.05 bits per heavy atom. The lowest BCUT2D eigenvalue weighted by Crippen LogP contribution is -2.20. The van der Waals surface area contributed by atoms with Crippen molar-refractivity contribution in [1.29, 1.82) is 0 Å². The predicted molar refractivity (Wildman–Crippen MR) is 76.3 cm³/mol. The van der Waals surface area contributed by atoms with E-state index in [0.29, 0.717) is 22.3 Å². The van der Waals surface area contributed by atoms with Crippen LogP contribution in [-0.2, 0) is 0 Å².